The number of aromatic carboxylic acids is 1. The SMILES string of the molecule is O=C(O)c1ccc(CN[C@H](CO)Cc2ccccc2)cc1. The van der Waals surface area contributed by atoms with Crippen LogP contribution in [-0.4, -0.2) is 28.8 Å². The van der Waals surface area contributed by atoms with E-state index in [0.29, 0.717) is 6.54 Å². The van der Waals surface area contributed by atoms with E-state index in [1.165, 1.54) is 5.56 Å². The number of nitrogens with one attached hydrogen (secondary N) is 1. The summed E-state index contributed by atoms with van der Waals surface area (Å²) in [6.07, 6.45) is 0.755. The molecule has 4 heteroatoms. The Bertz CT molecular complexity index is 566. The van der Waals surface area contributed by atoms with Crippen LogP contribution in [0.25, 0.3) is 0 Å². The molecule has 110 valence electrons. The molecule has 0 aliphatic heterocycles. The van der Waals surface area contributed by atoms with Gasteiger partial charge in [0.1, 0.15) is 0 Å². The van der Waals surface area contributed by atoms with Crippen molar-refractivity contribution in [2.75, 3.05) is 6.61 Å². The summed E-state index contributed by atoms with van der Waals surface area (Å²) in [6, 6.07) is 16.7. The fraction of sp³-hybridized carbons (Fsp3) is 0.235. The fourth-order valence-corrected chi connectivity index (χ4v) is 2.13. The van der Waals surface area contributed by atoms with Gasteiger partial charge in [-0.15, -0.1) is 0 Å². The lowest BCUT2D eigenvalue weighted by Crippen LogP contribution is -2.34. The van der Waals surface area contributed by atoms with Gasteiger partial charge in [-0.2, -0.15) is 0 Å². The zero-order chi connectivity index (χ0) is 15.1. The lowest BCUT2D eigenvalue weighted by atomic mass is 10.1. The van der Waals surface area contributed by atoms with Crippen molar-refractivity contribution >= 4 is 5.97 Å². The number of aliphatic hydroxyl groups is 1. The summed E-state index contributed by atoms with van der Waals surface area (Å²) >= 11 is 0. The lowest BCUT2D eigenvalue weighted by Gasteiger charge is -2.16. The van der Waals surface area contributed by atoms with Crippen molar-refractivity contribution < 1.29 is 15.0 Å². The minimum atomic E-state index is -0.924. The Morgan fingerprint density at radius 3 is 2.24 bits per heavy atom. The van der Waals surface area contributed by atoms with Gasteiger partial charge in [0.15, 0.2) is 0 Å². The van der Waals surface area contributed by atoms with E-state index in [4.69, 9.17) is 5.11 Å². The van der Waals surface area contributed by atoms with Crippen molar-refractivity contribution in [1.29, 1.82) is 0 Å². The number of aliphatic hydroxyl groups excluding tert-OH is 1. The maximum absolute atomic E-state index is 10.8. The standard InChI is InChI=1S/C17H19NO3/c19-12-16(10-13-4-2-1-3-5-13)18-11-14-6-8-15(9-7-14)17(20)21/h1-9,16,18-19H,10-12H2,(H,20,21)/t16-/m0/s1. The molecule has 2 aromatic rings. The molecular formula is C17H19NO3. The molecule has 0 saturated carbocycles. The highest BCUT2D eigenvalue weighted by atomic mass is 16.4. The first-order valence-electron chi connectivity index (χ1n) is 6.89. The molecule has 0 radical (unpaired) electrons. The molecule has 2 rings (SSSR count). The van der Waals surface area contributed by atoms with Gasteiger partial charge < -0.3 is 15.5 Å². The van der Waals surface area contributed by atoms with Crippen LogP contribution in [0.2, 0.25) is 0 Å². The summed E-state index contributed by atoms with van der Waals surface area (Å²) < 4.78 is 0. The zero-order valence-electron chi connectivity index (χ0n) is 11.7. The molecule has 0 spiro atoms. The van der Waals surface area contributed by atoms with E-state index in [0.717, 1.165) is 12.0 Å². The minimum Gasteiger partial charge on any atom is -0.478 e. The first kappa shape index (κ1) is 15.2. The Kier molecular flexibility index (Phi) is 5.49. The summed E-state index contributed by atoms with van der Waals surface area (Å²) in [6.45, 7) is 0.653. The zero-order valence-corrected chi connectivity index (χ0v) is 11.7. The largest absolute Gasteiger partial charge is 0.478 e. The van der Waals surface area contributed by atoms with Crippen LogP contribution in [0.4, 0.5) is 0 Å². The maximum Gasteiger partial charge on any atom is 0.335 e. The van der Waals surface area contributed by atoms with Gasteiger partial charge >= 0.3 is 5.97 Å². The molecule has 0 heterocycles. The minimum absolute atomic E-state index is 0.0217. The average molecular weight is 285 g/mol. The maximum atomic E-state index is 10.8. The third kappa shape index (κ3) is 4.70. The molecule has 0 unspecified atom stereocenters. The monoisotopic (exact) mass is 285 g/mol. The molecule has 0 bridgehead atoms. The van der Waals surface area contributed by atoms with Crippen molar-refractivity contribution in [2.45, 2.75) is 19.0 Å². The molecular weight excluding hydrogens is 266 g/mol. The molecule has 0 saturated heterocycles. The molecule has 0 aliphatic carbocycles. The number of carboxylic acid groups (broad SMARTS) is 1. The molecule has 2 aromatic carbocycles. The molecule has 0 amide bonds. The van der Waals surface area contributed by atoms with Crippen LogP contribution in [0.5, 0.6) is 0 Å². The molecule has 0 aromatic heterocycles. The first-order chi connectivity index (χ1) is 10.2. The van der Waals surface area contributed by atoms with Gasteiger partial charge in [-0.05, 0) is 29.7 Å². The van der Waals surface area contributed by atoms with E-state index >= 15 is 0 Å². The predicted octanol–water partition coefficient (Wildman–Crippen LogP) is 2.08. The van der Waals surface area contributed by atoms with Crippen LogP contribution in [-0.2, 0) is 13.0 Å². The van der Waals surface area contributed by atoms with Crippen LogP contribution in [0.15, 0.2) is 54.6 Å². The van der Waals surface area contributed by atoms with E-state index in [1.54, 1.807) is 24.3 Å². The summed E-state index contributed by atoms with van der Waals surface area (Å²) in [5, 5.41) is 21.6. The molecule has 0 fully saturated rings. The van der Waals surface area contributed by atoms with Gasteiger partial charge in [0.05, 0.1) is 12.2 Å². The van der Waals surface area contributed by atoms with Gasteiger partial charge in [0, 0.05) is 12.6 Å². The van der Waals surface area contributed by atoms with Crippen LogP contribution in [0.1, 0.15) is 21.5 Å². The molecule has 21 heavy (non-hydrogen) atoms. The summed E-state index contributed by atoms with van der Waals surface area (Å²) in [5.74, 6) is -0.924. The summed E-state index contributed by atoms with van der Waals surface area (Å²) in [4.78, 5) is 10.8. The topological polar surface area (TPSA) is 69.6 Å². The summed E-state index contributed by atoms with van der Waals surface area (Å²) in [5.41, 5.74) is 2.44. The van der Waals surface area contributed by atoms with Gasteiger partial charge in [-0.3, -0.25) is 0 Å². The second kappa shape index (κ2) is 7.57. The van der Waals surface area contributed by atoms with E-state index in [9.17, 15) is 9.90 Å². The van der Waals surface area contributed by atoms with Gasteiger partial charge in [0.2, 0.25) is 0 Å². The van der Waals surface area contributed by atoms with Gasteiger partial charge in [0.25, 0.3) is 0 Å². The Balaban J connectivity index is 1.89. The number of benzene rings is 2. The number of carboxylic acids is 1. The third-order valence-electron chi connectivity index (χ3n) is 3.34. The highest BCUT2D eigenvalue weighted by Gasteiger charge is 2.08. The van der Waals surface area contributed by atoms with E-state index in [1.807, 2.05) is 30.3 Å². The number of carbonyl (C=O) groups is 1. The average Bonchev–Trinajstić information content (AvgIpc) is 2.52. The van der Waals surface area contributed by atoms with E-state index < -0.39 is 5.97 Å². The second-order valence-corrected chi connectivity index (χ2v) is 4.95. The normalized spacial score (nSPS) is 12.0. The van der Waals surface area contributed by atoms with Crippen molar-refractivity contribution in [3.05, 3.63) is 71.3 Å². The van der Waals surface area contributed by atoms with E-state index in [-0.39, 0.29) is 18.2 Å². The Morgan fingerprint density at radius 2 is 1.67 bits per heavy atom. The van der Waals surface area contributed by atoms with Crippen LogP contribution >= 0.6 is 0 Å². The first-order valence-corrected chi connectivity index (χ1v) is 6.89. The molecule has 0 aliphatic rings. The van der Waals surface area contributed by atoms with Crippen molar-refractivity contribution in [1.82, 2.24) is 5.32 Å². The van der Waals surface area contributed by atoms with Crippen LogP contribution < -0.4 is 5.32 Å². The third-order valence-corrected chi connectivity index (χ3v) is 3.34. The highest BCUT2D eigenvalue weighted by Crippen LogP contribution is 2.07. The lowest BCUT2D eigenvalue weighted by molar-refractivity contribution is 0.0697. The Labute approximate surface area is 124 Å². The Hall–Kier alpha value is -2.17. The molecule has 1 atom stereocenters. The second-order valence-electron chi connectivity index (χ2n) is 4.95. The van der Waals surface area contributed by atoms with Gasteiger partial charge in [-0.1, -0.05) is 42.5 Å². The molecule has 3 N–H and O–H groups in total. The number of hydrogen-bond donors (Lipinski definition) is 3. The summed E-state index contributed by atoms with van der Waals surface area (Å²) in [7, 11) is 0. The van der Waals surface area contributed by atoms with Gasteiger partial charge in [-0.25, -0.2) is 4.79 Å². The van der Waals surface area contributed by atoms with Crippen molar-refractivity contribution in [3.63, 3.8) is 0 Å². The van der Waals surface area contributed by atoms with Crippen LogP contribution in [0, 0.1) is 0 Å². The predicted molar refractivity (Wildman–Crippen MR) is 81.3 cm³/mol. The number of rotatable bonds is 7. The van der Waals surface area contributed by atoms with Crippen LogP contribution in [0.3, 0.4) is 0 Å². The molecule has 4 nitrogen and oxygen atoms in total. The van der Waals surface area contributed by atoms with Crippen molar-refractivity contribution in [3.8, 4) is 0 Å². The highest BCUT2D eigenvalue weighted by molar-refractivity contribution is 5.87. The number of hydrogen-bond acceptors (Lipinski definition) is 3. The fourth-order valence-electron chi connectivity index (χ4n) is 2.13. The van der Waals surface area contributed by atoms with Crippen molar-refractivity contribution in [2.24, 2.45) is 0 Å². The Morgan fingerprint density at radius 1 is 1.00 bits per heavy atom. The smallest absolute Gasteiger partial charge is 0.335 e. The quantitative estimate of drug-likeness (QED) is 0.728. The van der Waals surface area contributed by atoms with E-state index in [2.05, 4.69) is 5.32 Å².